The smallest absolute Gasteiger partial charge is 0.269 e. The van der Waals surface area contributed by atoms with Gasteiger partial charge >= 0.3 is 0 Å². The van der Waals surface area contributed by atoms with E-state index in [-0.39, 0.29) is 21.8 Å². The van der Waals surface area contributed by atoms with E-state index in [4.69, 9.17) is 5.73 Å². The van der Waals surface area contributed by atoms with Crippen LogP contribution in [0.1, 0.15) is 11.7 Å². The molecule has 0 aromatic heterocycles. The summed E-state index contributed by atoms with van der Waals surface area (Å²) in [5, 5.41) is 30.4. The fourth-order valence-electron chi connectivity index (χ4n) is 2.18. The van der Waals surface area contributed by atoms with E-state index >= 15 is 0 Å². The van der Waals surface area contributed by atoms with Crippen molar-refractivity contribution in [3.05, 3.63) is 64.2 Å². The van der Waals surface area contributed by atoms with Crippen LogP contribution in [0.4, 0.5) is 11.4 Å². The van der Waals surface area contributed by atoms with Crippen molar-refractivity contribution >= 4 is 21.4 Å². The number of nitro benzene ring substituents is 1. The lowest BCUT2D eigenvalue weighted by Gasteiger charge is -2.22. The fourth-order valence-corrected chi connectivity index (χ4v) is 3.46. The minimum absolute atomic E-state index is 0.109. The molecule has 0 heterocycles. The zero-order valence-corrected chi connectivity index (χ0v) is 13.8. The van der Waals surface area contributed by atoms with Gasteiger partial charge in [-0.15, -0.1) is 0 Å². The van der Waals surface area contributed by atoms with E-state index in [1.165, 1.54) is 48.5 Å². The normalized spacial score (nSPS) is 14.0. The summed E-state index contributed by atoms with van der Waals surface area (Å²) in [6, 6.07) is 9.26. The van der Waals surface area contributed by atoms with Crippen molar-refractivity contribution in [2.24, 2.45) is 0 Å². The van der Waals surface area contributed by atoms with Crippen molar-refractivity contribution in [1.29, 1.82) is 0 Å². The molecule has 9 nitrogen and oxygen atoms in total. The summed E-state index contributed by atoms with van der Waals surface area (Å²) in [5.41, 5.74) is 5.86. The fraction of sp³-hybridized carbons (Fsp3) is 0.200. The molecule has 5 N–H and O–H groups in total. The highest BCUT2D eigenvalue weighted by Crippen LogP contribution is 2.22. The monoisotopic (exact) mass is 367 g/mol. The van der Waals surface area contributed by atoms with Crippen molar-refractivity contribution in [2.75, 3.05) is 12.3 Å². The third kappa shape index (κ3) is 4.51. The lowest BCUT2D eigenvalue weighted by molar-refractivity contribution is -0.384. The van der Waals surface area contributed by atoms with Crippen LogP contribution in [0.25, 0.3) is 0 Å². The summed E-state index contributed by atoms with van der Waals surface area (Å²) >= 11 is 0. The van der Waals surface area contributed by atoms with E-state index in [2.05, 4.69) is 4.72 Å². The standard InChI is InChI=1S/C15H17N3O6S/c16-11-2-1-3-13(8-11)25(23,24)17-14(9-19)15(20)10-4-6-12(7-5-10)18(21)22/h1-8,14-15,17,19-20H,9,16H2/t14-,15+/m0/s1. The van der Waals surface area contributed by atoms with Crippen LogP contribution in [-0.4, -0.2) is 36.2 Å². The van der Waals surface area contributed by atoms with Gasteiger partial charge in [-0.1, -0.05) is 6.07 Å². The Morgan fingerprint density at radius 2 is 1.84 bits per heavy atom. The third-order valence-electron chi connectivity index (χ3n) is 3.50. The van der Waals surface area contributed by atoms with E-state index < -0.39 is 33.7 Å². The number of aliphatic hydroxyl groups is 2. The minimum Gasteiger partial charge on any atom is -0.399 e. The number of sulfonamides is 1. The first-order chi connectivity index (χ1) is 11.7. The molecule has 0 unspecified atom stereocenters. The van der Waals surface area contributed by atoms with E-state index in [0.29, 0.717) is 0 Å². The number of nitrogens with one attached hydrogen (secondary N) is 1. The summed E-state index contributed by atoms with van der Waals surface area (Å²) < 4.78 is 26.9. The van der Waals surface area contributed by atoms with Crippen LogP contribution in [0, 0.1) is 10.1 Å². The highest BCUT2D eigenvalue weighted by atomic mass is 32.2. The number of aliphatic hydroxyl groups excluding tert-OH is 2. The molecule has 0 radical (unpaired) electrons. The second-order valence-corrected chi connectivity index (χ2v) is 6.99. The predicted octanol–water partition coefficient (Wildman–Crippen LogP) is 0.550. The van der Waals surface area contributed by atoms with Crippen molar-refractivity contribution in [2.45, 2.75) is 17.0 Å². The topological polar surface area (TPSA) is 156 Å². The SMILES string of the molecule is Nc1cccc(S(=O)(=O)N[C@@H](CO)[C@H](O)c2ccc([N+](=O)[O-])cc2)c1. The first-order valence-corrected chi connectivity index (χ1v) is 8.64. The van der Waals surface area contributed by atoms with Gasteiger partial charge in [0.25, 0.3) is 5.69 Å². The van der Waals surface area contributed by atoms with Gasteiger partial charge in [-0.2, -0.15) is 0 Å². The van der Waals surface area contributed by atoms with Crippen LogP contribution < -0.4 is 10.5 Å². The molecule has 134 valence electrons. The van der Waals surface area contributed by atoms with Crippen LogP contribution in [0.2, 0.25) is 0 Å². The molecule has 0 aliphatic rings. The van der Waals surface area contributed by atoms with Crippen LogP contribution in [0.3, 0.4) is 0 Å². The number of rotatable bonds is 7. The maximum Gasteiger partial charge on any atom is 0.269 e. The molecule has 0 saturated heterocycles. The lowest BCUT2D eigenvalue weighted by atomic mass is 10.0. The molecule has 10 heteroatoms. The van der Waals surface area contributed by atoms with Gasteiger partial charge in [0, 0.05) is 17.8 Å². The first kappa shape index (κ1) is 18.8. The highest BCUT2D eigenvalue weighted by Gasteiger charge is 2.27. The molecule has 25 heavy (non-hydrogen) atoms. The number of benzene rings is 2. The molecule has 2 atom stereocenters. The molecule has 0 saturated carbocycles. The minimum atomic E-state index is -4.03. The number of nitrogens with zero attached hydrogens (tertiary/aromatic N) is 1. The Bertz CT molecular complexity index is 854. The Hall–Kier alpha value is -2.53. The van der Waals surface area contributed by atoms with Crippen LogP contribution in [-0.2, 0) is 10.0 Å². The number of non-ortho nitro benzene ring substituents is 1. The number of anilines is 1. The summed E-state index contributed by atoms with van der Waals surface area (Å²) in [5.74, 6) is 0. The van der Waals surface area contributed by atoms with E-state index in [1.807, 2.05) is 0 Å². The largest absolute Gasteiger partial charge is 0.399 e. The first-order valence-electron chi connectivity index (χ1n) is 7.16. The molecule has 2 aromatic carbocycles. The van der Waals surface area contributed by atoms with Gasteiger partial charge in [0.05, 0.1) is 28.6 Å². The summed E-state index contributed by atoms with van der Waals surface area (Å²) in [7, 11) is -4.03. The van der Waals surface area contributed by atoms with Crippen LogP contribution in [0.15, 0.2) is 53.4 Å². The van der Waals surface area contributed by atoms with E-state index in [9.17, 15) is 28.7 Å². The van der Waals surface area contributed by atoms with Crippen LogP contribution in [0.5, 0.6) is 0 Å². The highest BCUT2D eigenvalue weighted by molar-refractivity contribution is 7.89. The number of hydrogen-bond donors (Lipinski definition) is 4. The van der Waals surface area contributed by atoms with Gasteiger partial charge in [-0.25, -0.2) is 13.1 Å². The lowest BCUT2D eigenvalue weighted by Crippen LogP contribution is -2.41. The molecule has 0 bridgehead atoms. The Morgan fingerprint density at radius 1 is 1.20 bits per heavy atom. The molecule has 0 aliphatic heterocycles. The Labute approximate surface area is 143 Å². The third-order valence-corrected chi connectivity index (χ3v) is 4.99. The quantitative estimate of drug-likeness (QED) is 0.316. The van der Waals surface area contributed by atoms with Crippen molar-refractivity contribution < 1.29 is 23.6 Å². The summed E-state index contributed by atoms with van der Waals surface area (Å²) in [6.45, 7) is -0.681. The van der Waals surface area contributed by atoms with Gasteiger partial charge in [0.2, 0.25) is 10.0 Å². The molecular weight excluding hydrogens is 350 g/mol. The van der Waals surface area contributed by atoms with Crippen LogP contribution >= 0.6 is 0 Å². The van der Waals surface area contributed by atoms with Crippen molar-refractivity contribution in [3.63, 3.8) is 0 Å². The zero-order chi connectivity index (χ0) is 18.6. The number of nitro groups is 1. The van der Waals surface area contributed by atoms with Gasteiger partial charge in [-0.05, 0) is 35.9 Å². The summed E-state index contributed by atoms with van der Waals surface area (Å²) in [6.07, 6.45) is -1.40. The molecule has 0 fully saturated rings. The van der Waals surface area contributed by atoms with Gasteiger partial charge in [0.15, 0.2) is 0 Å². The molecule has 0 amide bonds. The maximum atomic E-state index is 12.4. The van der Waals surface area contributed by atoms with Gasteiger partial charge < -0.3 is 15.9 Å². The number of nitrogen functional groups attached to an aromatic ring is 1. The van der Waals surface area contributed by atoms with E-state index in [1.54, 1.807) is 0 Å². The van der Waals surface area contributed by atoms with Gasteiger partial charge in [-0.3, -0.25) is 10.1 Å². The predicted molar refractivity (Wildman–Crippen MR) is 90.1 cm³/mol. The van der Waals surface area contributed by atoms with Crippen molar-refractivity contribution in [1.82, 2.24) is 4.72 Å². The van der Waals surface area contributed by atoms with Gasteiger partial charge in [0.1, 0.15) is 0 Å². The molecule has 2 rings (SSSR count). The molecule has 0 aliphatic carbocycles. The number of nitrogens with two attached hydrogens (primary N) is 1. The average molecular weight is 367 g/mol. The van der Waals surface area contributed by atoms with E-state index in [0.717, 1.165) is 0 Å². The average Bonchev–Trinajstić information content (AvgIpc) is 2.59. The number of hydrogen-bond acceptors (Lipinski definition) is 7. The Balaban J connectivity index is 2.22. The molecular formula is C15H17N3O6S. The zero-order valence-electron chi connectivity index (χ0n) is 12.9. The van der Waals surface area contributed by atoms with Crippen molar-refractivity contribution in [3.8, 4) is 0 Å². The summed E-state index contributed by atoms with van der Waals surface area (Å²) in [4.78, 5) is 9.94. The second kappa shape index (κ2) is 7.57. The second-order valence-electron chi connectivity index (χ2n) is 5.28. The molecule has 2 aromatic rings. The Morgan fingerprint density at radius 3 is 2.36 bits per heavy atom. The molecule has 0 spiro atoms. The maximum absolute atomic E-state index is 12.4. The Kier molecular flexibility index (Phi) is 5.69.